The molecule has 4 aromatic rings. The van der Waals surface area contributed by atoms with Crippen LogP contribution in [0.15, 0.2) is 72.1 Å². The van der Waals surface area contributed by atoms with Gasteiger partial charge in [-0.15, -0.1) is 0 Å². The van der Waals surface area contributed by atoms with Gasteiger partial charge in [-0.3, -0.25) is 4.98 Å². The number of anilines is 1. The van der Waals surface area contributed by atoms with Crippen molar-refractivity contribution in [3.8, 4) is 11.3 Å². The van der Waals surface area contributed by atoms with Crippen LogP contribution in [0.25, 0.3) is 16.9 Å². The fraction of sp³-hybridized carbons (Fsp3) is 0.174. The number of fused-ring (bicyclic) bond motifs is 1. The van der Waals surface area contributed by atoms with Gasteiger partial charge in [-0.05, 0) is 24.3 Å². The summed E-state index contributed by atoms with van der Waals surface area (Å²) in [7, 11) is 0. The minimum Gasteiger partial charge on any atom is -0.379 e. The Morgan fingerprint density at radius 2 is 1.82 bits per heavy atom. The zero-order valence-electron chi connectivity index (χ0n) is 17.7. The number of nitrogens with zero attached hydrogens (tertiary/aromatic N) is 6. The van der Waals surface area contributed by atoms with Crippen molar-refractivity contribution < 1.29 is 14.4 Å². The summed E-state index contributed by atoms with van der Waals surface area (Å²) >= 11 is 0. The van der Waals surface area contributed by atoms with E-state index in [1.807, 2.05) is 24.3 Å². The molecular formula is C23H21N7O3. The first kappa shape index (κ1) is 20.6. The van der Waals surface area contributed by atoms with E-state index in [9.17, 15) is 4.79 Å². The fourth-order valence-electron chi connectivity index (χ4n) is 3.54. The van der Waals surface area contributed by atoms with Gasteiger partial charge in [-0.25, -0.2) is 9.78 Å². The number of hydrogen-bond acceptors (Lipinski definition) is 8. The Balaban J connectivity index is 1.52. The fourth-order valence-corrected chi connectivity index (χ4v) is 3.54. The highest BCUT2D eigenvalue weighted by Gasteiger charge is 2.20. The third-order valence-corrected chi connectivity index (χ3v) is 5.22. The summed E-state index contributed by atoms with van der Waals surface area (Å²) in [5, 5.41) is 8.58. The highest BCUT2D eigenvalue weighted by atomic mass is 16.7. The Kier molecular flexibility index (Phi) is 5.64. The van der Waals surface area contributed by atoms with Crippen molar-refractivity contribution in [2.75, 3.05) is 31.2 Å². The van der Waals surface area contributed by atoms with E-state index >= 15 is 0 Å². The number of aromatic nitrogens is 4. The summed E-state index contributed by atoms with van der Waals surface area (Å²) < 4.78 is 7.26. The van der Waals surface area contributed by atoms with Crippen LogP contribution >= 0.6 is 0 Å². The smallest absolute Gasteiger partial charge is 0.365 e. The lowest BCUT2D eigenvalue weighted by Crippen LogP contribution is -2.37. The van der Waals surface area contributed by atoms with Crippen molar-refractivity contribution in [1.82, 2.24) is 19.6 Å². The zero-order chi connectivity index (χ0) is 22.6. The minimum atomic E-state index is -0.600. The van der Waals surface area contributed by atoms with Crippen LogP contribution in [0.2, 0.25) is 0 Å². The zero-order valence-corrected chi connectivity index (χ0v) is 17.7. The molecule has 1 aliphatic rings. The molecule has 0 saturated carbocycles. The Morgan fingerprint density at radius 1 is 1.06 bits per heavy atom. The van der Waals surface area contributed by atoms with Crippen molar-refractivity contribution in [3.05, 3.63) is 78.2 Å². The van der Waals surface area contributed by atoms with Crippen LogP contribution < -0.4 is 10.6 Å². The highest BCUT2D eigenvalue weighted by molar-refractivity contribution is 5.97. The first-order valence-corrected chi connectivity index (χ1v) is 10.4. The molecule has 0 amide bonds. The van der Waals surface area contributed by atoms with Gasteiger partial charge in [0.15, 0.2) is 11.5 Å². The molecule has 1 saturated heterocycles. The number of nitrogens with two attached hydrogens (primary N) is 1. The van der Waals surface area contributed by atoms with E-state index in [-0.39, 0.29) is 5.84 Å². The van der Waals surface area contributed by atoms with Crippen LogP contribution in [0.4, 0.5) is 5.82 Å². The molecular weight excluding hydrogens is 422 g/mol. The average Bonchev–Trinajstić information content (AvgIpc) is 3.32. The Hall–Kier alpha value is -4.31. The molecule has 3 aromatic heterocycles. The van der Waals surface area contributed by atoms with Crippen molar-refractivity contribution >= 4 is 23.3 Å². The largest absolute Gasteiger partial charge is 0.379 e. The van der Waals surface area contributed by atoms with E-state index in [1.54, 1.807) is 47.2 Å². The van der Waals surface area contributed by atoms with E-state index in [0.29, 0.717) is 43.2 Å². The van der Waals surface area contributed by atoms with Gasteiger partial charge in [0.25, 0.3) is 0 Å². The molecule has 2 N–H and O–H groups in total. The van der Waals surface area contributed by atoms with Gasteiger partial charge in [0.2, 0.25) is 0 Å². The number of amidine groups is 1. The predicted octanol–water partition coefficient (Wildman–Crippen LogP) is 2.11. The second kappa shape index (κ2) is 9.05. The maximum atomic E-state index is 12.2. The van der Waals surface area contributed by atoms with E-state index in [2.05, 4.69) is 20.0 Å². The number of ether oxygens (including phenoxy) is 1. The van der Waals surface area contributed by atoms with Crippen molar-refractivity contribution in [2.24, 2.45) is 10.9 Å². The van der Waals surface area contributed by atoms with Crippen molar-refractivity contribution in [3.63, 3.8) is 0 Å². The molecule has 0 radical (unpaired) electrons. The summed E-state index contributed by atoms with van der Waals surface area (Å²) in [6.45, 7) is 2.61. The van der Waals surface area contributed by atoms with E-state index in [0.717, 1.165) is 17.1 Å². The second-order valence-electron chi connectivity index (χ2n) is 7.36. The Labute approximate surface area is 189 Å². The minimum absolute atomic E-state index is 0.0112. The van der Waals surface area contributed by atoms with Gasteiger partial charge >= 0.3 is 5.97 Å². The molecule has 10 nitrogen and oxygen atoms in total. The third kappa shape index (κ3) is 4.37. The van der Waals surface area contributed by atoms with Gasteiger partial charge in [0.05, 0.1) is 24.5 Å². The average molecular weight is 443 g/mol. The number of pyridine rings is 1. The van der Waals surface area contributed by atoms with E-state index in [1.165, 1.54) is 0 Å². The standard InChI is InChI=1S/C23H21N7O3/c24-22(28-33-23(31)17-4-2-1-3-5-17)19-15-21(29-10-12-32-13-11-29)30-20(26-19)14-18(27-30)16-6-8-25-9-7-16/h1-9,14-15H,10-13H2,(H2,24,28). The van der Waals surface area contributed by atoms with Crippen LogP contribution in [-0.4, -0.2) is 57.7 Å². The quantitative estimate of drug-likeness (QED) is 0.216. The summed E-state index contributed by atoms with van der Waals surface area (Å²) in [6, 6.07) is 16.0. The number of oxime groups is 1. The molecule has 0 spiro atoms. The van der Waals surface area contributed by atoms with E-state index in [4.69, 9.17) is 20.4 Å². The van der Waals surface area contributed by atoms with Crippen LogP contribution in [0, 0.1) is 0 Å². The molecule has 5 rings (SSSR count). The third-order valence-electron chi connectivity index (χ3n) is 5.22. The maximum absolute atomic E-state index is 12.2. The molecule has 166 valence electrons. The summed E-state index contributed by atoms with van der Waals surface area (Å²) in [5.41, 5.74) is 9.18. The van der Waals surface area contributed by atoms with Crippen LogP contribution in [-0.2, 0) is 9.57 Å². The SMILES string of the molecule is N/C(=N\OC(=O)c1ccccc1)c1cc(N2CCOCC2)n2nc(-c3ccncc3)cc2n1. The van der Waals surface area contributed by atoms with Crippen LogP contribution in [0.3, 0.4) is 0 Å². The molecule has 0 aliphatic carbocycles. The number of carbonyl (C=O) groups excluding carboxylic acids is 1. The van der Waals surface area contributed by atoms with Crippen molar-refractivity contribution in [1.29, 1.82) is 0 Å². The lowest BCUT2D eigenvalue weighted by molar-refractivity contribution is 0.0516. The van der Waals surface area contributed by atoms with Gasteiger partial charge in [-0.1, -0.05) is 23.4 Å². The highest BCUT2D eigenvalue weighted by Crippen LogP contribution is 2.24. The molecule has 1 aliphatic heterocycles. The van der Waals surface area contributed by atoms with Gasteiger partial charge in [0.1, 0.15) is 11.5 Å². The predicted molar refractivity (Wildman–Crippen MR) is 122 cm³/mol. The molecule has 0 bridgehead atoms. The number of benzene rings is 1. The normalized spacial score (nSPS) is 14.4. The first-order chi connectivity index (χ1) is 16.2. The summed E-state index contributed by atoms with van der Waals surface area (Å²) in [5.74, 6) is 0.187. The number of rotatable bonds is 5. The molecule has 33 heavy (non-hydrogen) atoms. The Morgan fingerprint density at radius 3 is 2.58 bits per heavy atom. The number of hydrogen-bond donors (Lipinski definition) is 1. The summed E-state index contributed by atoms with van der Waals surface area (Å²) in [6.07, 6.45) is 3.43. The molecule has 0 unspecified atom stereocenters. The lowest BCUT2D eigenvalue weighted by Gasteiger charge is -2.29. The molecule has 10 heteroatoms. The monoisotopic (exact) mass is 443 g/mol. The number of morpholine rings is 1. The molecule has 0 atom stereocenters. The topological polar surface area (TPSA) is 120 Å². The molecule has 1 fully saturated rings. The number of carbonyl (C=O) groups is 1. The second-order valence-corrected chi connectivity index (χ2v) is 7.36. The van der Waals surface area contributed by atoms with Gasteiger partial charge in [0, 0.05) is 43.2 Å². The van der Waals surface area contributed by atoms with Crippen LogP contribution in [0.1, 0.15) is 16.1 Å². The van der Waals surface area contributed by atoms with Gasteiger partial charge < -0.3 is 20.2 Å². The van der Waals surface area contributed by atoms with Crippen molar-refractivity contribution in [2.45, 2.75) is 0 Å². The van der Waals surface area contributed by atoms with Gasteiger partial charge in [-0.2, -0.15) is 9.61 Å². The summed E-state index contributed by atoms with van der Waals surface area (Å²) in [4.78, 5) is 28.1. The first-order valence-electron chi connectivity index (χ1n) is 10.4. The molecule has 1 aromatic carbocycles. The van der Waals surface area contributed by atoms with Crippen LogP contribution in [0.5, 0.6) is 0 Å². The lowest BCUT2D eigenvalue weighted by atomic mass is 10.2. The molecule has 4 heterocycles. The Bertz CT molecular complexity index is 1300. The maximum Gasteiger partial charge on any atom is 0.365 e. The van der Waals surface area contributed by atoms with E-state index < -0.39 is 5.97 Å².